The normalized spacial score (nSPS) is 13.0. The molecule has 0 amide bonds. The summed E-state index contributed by atoms with van der Waals surface area (Å²) in [7, 11) is 0. The van der Waals surface area contributed by atoms with Crippen molar-refractivity contribution in [3.63, 3.8) is 0 Å². The molecule has 0 spiro atoms. The number of hydrogen-bond acceptors (Lipinski definition) is 2. The molecule has 0 radical (unpaired) electrons. The first-order valence-corrected chi connectivity index (χ1v) is 47.6. The van der Waals surface area contributed by atoms with Crippen LogP contribution >= 0.6 is 22.7 Å². The van der Waals surface area contributed by atoms with Crippen LogP contribution in [0.15, 0.2) is 24.3 Å². The molecular weight excluding hydrogens is 978 g/mol. The van der Waals surface area contributed by atoms with Gasteiger partial charge in [0.25, 0.3) is 0 Å². The first kappa shape index (κ1) is 50.8. The van der Waals surface area contributed by atoms with Crippen LogP contribution in [0.4, 0.5) is 0 Å². The Bertz CT molecular complexity index is 1800. The van der Waals surface area contributed by atoms with Crippen molar-refractivity contribution >= 4 is 107 Å². The van der Waals surface area contributed by atoms with Crippen LogP contribution in [0.2, 0.25) is 29.6 Å². The molecule has 0 N–H and O–H groups in total. The molecule has 0 atom stereocenters. The number of unbranched alkanes of at least 4 members (excludes halogenated alkanes) is 20. The number of nitrogens with zero attached hydrogens (tertiary/aromatic N) is 2. The second kappa shape index (κ2) is 25.5. The molecule has 4 aromatic heterocycles. The van der Waals surface area contributed by atoms with Gasteiger partial charge in [0.2, 0.25) is 0 Å². The topological polar surface area (TPSA) is 9.86 Å². The van der Waals surface area contributed by atoms with Crippen molar-refractivity contribution in [3.8, 4) is 0 Å². The molecule has 5 rings (SSSR count). The van der Waals surface area contributed by atoms with Crippen LogP contribution in [-0.2, 0) is 0 Å². The predicted octanol–water partition coefficient (Wildman–Crippen LogP) is 19.2. The third-order valence-electron chi connectivity index (χ3n) is 13.8. The van der Waals surface area contributed by atoms with E-state index in [1.165, 1.54) is 180 Å². The SMILES string of the molecule is CCCCCCCCC(CCCCCCCC)n1c2cc3c4s[c]([Sn]([CH3])([CH3])[CH3])cc4n(C(CCCCCCCC)CCCCCCCC)c3cc2c2s[c]([Sn]([CH3])([CH3])[CH3])cc21. The first-order chi connectivity index (χ1) is 28.9. The summed E-state index contributed by atoms with van der Waals surface area (Å²) in [5, 5.41) is 3.14. The summed E-state index contributed by atoms with van der Waals surface area (Å²) in [5.41, 5.74) is 6.28. The van der Waals surface area contributed by atoms with E-state index in [4.69, 9.17) is 0 Å². The van der Waals surface area contributed by atoms with Crippen LogP contribution in [0.1, 0.15) is 220 Å². The van der Waals surface area contributed by atoms with Crippen molar-refractivity contribution in [2.45, 2.75) is 249 Å². The molecule has 4 heterocycles. The van der Waals surface area contributed by atoms with Crippen molar-refractivity contribution in [3.05, 3.63) is 24.3 Å². The van der Waals surface area contributed by atoms with E-state index in [0.717, 1.165) is 0 Å². The Morgan fingerprint density at radius 2 is 0.633 bits per heavy atom. The van der Waals surface area contributed by atoms with Gasteiger partial charge in [-0.2, -0.15) is 0 Å². The second-order valence-electron chi connectivity index (χ2n) is 21.3. The Morgan fingerprint density at radius 1 is 0.367 bits per heavy atom. The van der Waals surface area contributed by atoms with Crippen LogP contribution < -0.4 is 5.79 Å². The summed E-state index contributed by atoms with van der Waals surface area (Å²) >= 11 is -0.227. The maximum atomic E-state index is 2.96. The fourth-order valence-electron chi connectivity index (χ4n) is 10.1. The first-order valence-electron chi connectivity index (χ1n) is 26.0. The Hall–Kier alpha value is -0.183. The average molecular weight is 1070 g/mol. The molecule has 0 unspecified atom stereocenters. The summed E-state index contributed by atoms with van der Waals surface area (Å²) < 4.78 is 12.7. The zero-order valence-corrected chi connectivity index (χ0v) is 48.3. The van der Waals surface area contributed by atoms with E-state index in [-0.39, 0.29) is 0 Å². The van der Waals surface area contributed by atoms with E-state index in [1.54, 1.807) is 48.0 Å². The molecule has 0 saturated carbocycles. The van der Waals surface area contributed by atoms with Crippen molar-refractivity contribution in [2.75, 3.05) is 0 Å². The molecule has 0 aliphatic rings. The maximum absolute atomic E-state index is 2.96. The van der Waals surface area contributed by atoms with Crippen molar-refractivity contribution in [2.24, 2.45) is 0 Å². The summed E-state index contributed by atoms with van der Waals surface area (Å²) in [6.45, 7) is 9.40. The van der Waals surface area contributed by atoms with Gasteiger partial charge < -0.3 is 0 Å². The van der Waals surface area contributed by atoms with Gasteiger partial charge in [0.05, 0.1) is 0 Å². The van der Waals surface area contributed by atoms with Gasteiger partial charge in [-0.05, 0) is 0 Å². The van der Waals surface area contributed by atoms with E-state index in [0.29, 0.717) is 12.1 Å². The number of aromatic nitrogens is 2. The zero-order chi connectivity index (χ0) is 43.1. The van der Waals surface area contributed by atoms with E-state index in [1.807, 2.05) is 0 Å². The second-order valence-corrected chi connectivity index (χ2v) is 54.2. The minimum absolute atomic E-state index is 0.591. The number of rotatable bonds is 32. The number of benzene rings is 1. The third-order valence-corrected chi connectivity index (χ3v) is 35.0. The van der Waals surface area contributed by atoms with Gasteiger partial charge in [-0.3, -0.25) is 0 Å². The molecule has 5 aromatic rings. The molecule has 6 heteroatoms. The standard InChI is InChI=1S/C48H74N2S2.6CH3.2Sn/c1-5-9-13-17-21-25-29-39(30-26-22-18-14-10-6-2)49-43-33-35-51-47(43)41-38-46-42(37-45(41)49)48-44(34-36-52-48)50(46)40(31-27-23-19-15-11-7-3)32-28-24-20-16-12-8-4;;;;;;;;/h33-34,37-40H,5-32H2,1-4H3;6*1H3;;. The van der Waals surface area contributed by atoms with E-state index < -0.39 is 36.8 Å². The molecule has 0 aliphatic carbocycles. The van der Waals surface area contributed by atoms with E-state index in [9.17, 15) is 0 Å². The Morgan fingerprint density at radius 3 is 0.900 bits per heavy atom. The van der Waals surface area contributed by atoms with Gasteiger partial charge in [0.1, 0.15) is 0 Å². The number of thiophene rings is 2. The van der Waals surface area contributed by atoms with Gasteiger partial charge in [-0.15, -0.1) is 0 Å². The molecule has 338 valence electrons. The molecule has 1 aromatic carbocycles. The molecule has 60 heavy (non-hydrogen) atoms. The van der Waals surface area contributed by atoms with Crippen LogP contribution in [-0.4, -0.2) is 45.9 Å². The van der Waals surface area contributed by atoms with E-state index >= 15 is 0 Å². The number of hydrogen-bond donors (Lipinski definition) is 0. The quantitative estimate of drug-likeness (QED) is 0.0300. The van der Waals surface area contributed by atoms with Gasteiger partial charge in [0, 0.05) is 0 Å². The molecular formula is C54H92N2S2Sn2. The van der Waals surface area contributed by atoms with Gasteiger partial charge in [-0.1, -0.05) is 27.7 Å². The van der Waals surface area contributed by atoms with Crippen LogP contribution in [0.3, 0.4) is 0 Å². The van der Waals surface area contributed by atoms with Crippen LogP contribution in [0, 0.1) is 0 Å². The van der Waals surface area contributed by atoms with Crippen LogP contribution in [0.25, 0.3) is 42.2 Å². The van der Waals surface area contributed by atoms with Crippen molar-refractivity contribution in [1.82, 2.24) is 9.13 Å². The zero-order valence-electron chi connectivity index (χ0n) is 41.0. The predicted molar refractivity (Wildman–Crippen MR) is 284 cm³/mol. The van der Waals surface area contributed by atoms with Crippen molar-refractivity contribution in [1.29, 1.82) is 0 Å². The summed E-state index contributed by atoms with van der Waals surface area (Å²) in [4.78, 5) is 15.8. The van der Waals surface area contributed by atoms with E-state index in [2.05, 4.69) is 113 Å². The Balaban J connectivity index is 1.66. The average Bonchev–Trinajstić information content (AvgIpc) is 3.97. The fraction of sp³-hybridized carbons (Fsp3) is 0.741. The minimum atomic E-state index is -2.32. The summed E-state index contributed by atoms with van der Waals surface area (Å²) in [5.74, 6) is 0. The summed E-state index contributed by atoms with van der Waals surface area (Å²) in [6.07, 6.45) is 38.6. The Kier molecular flexibility index (Phi) is 21.6. The molecule has 0 fully saturated rings. The Labute approximate surface area is 386 Å². The molecule has 0 aliphatic heterocycles. The summed E-state index contributed by atoms with van der Waals surface area (Å²) in [6, 6.07) is 12.2. The van der Waals surface area contributed by atoms with Crippen LogP contribution in [0.5, 0.6) is 0 Å². The monoisotopic (exact) mass is 1070 g/mol. The van der Waals surface area contributed by atoms with Gasteiger partial charge in [0.15, 0.2) is 0 Å². The number of fused-ring (bicyclic) bond motifs is 6. The molecule has 2 nitrogen and oxygen atoms in total. The third kappa shape index (κ3) is 13.9. The fourth-order valence-corrected chi connectivity index (χ4v) is 22.8. The van der Waals surface area contributed by atoms with Gasteiger partial charge >= 0.3 is 362 Å². The van der Waals surface area contributed by atoms with Gasteiger partial charge in [-0.25, -0.2) is 0 Å². The van der Waals surface area contributed by atoms with Crippen molar-refractivity contribution < 1.29 is 0 Å². The molecule has 0 saturated heterocycles. The molecule has 0 bridgehead atoms.